The van der Waals surface area contributed by atoms with E-state index in [0.717, 1.165) is 49.2 Å². The fraction of sp³-hybridized carbons (Fsp3) is 0.562. The first-order chi connectivity index (χ1) is 10.5. The summed E-state index contributed by atoms with van der Waals surface area (Å²) in [6, 6.07) is 8.33. The van der Waals surface area contributed by atoms with Crippen molar-refractivity contribution in [1.29, 1.82) is 0 Å². The fourth-order valence-corrected chi connectivity index (χ4v) is 5.66. The second-order valence-corrected chi connectivity index (χ2v) is 9.42. The van der Waals surface area contributed by atoms with Crippen LogP contribution < -0.4 is 5.32 Å². The molecule has 1 aromatic heterocycles. The van der Waals surface area contributed by atoms with E-state index in [0.29, 0.717) is 0 Å². The van der Waals surface area contributed by atoms with Gasteiger partial charge in [-0.15, -0.1) is 11.3 Å². The van der Waals surface area contributed by atoms with Crippen LogP contribution >= 0.6 is 11.3 Å². The summed E-state index contributed by atoms with van der Waals surface area (Å²) in [5.41, 5.74) is 1.07. The third-order valence-electron chi connectivity index (χ3n) is 4.31. The van der Waals surface area contributed by atoms with Gasteiger partial charge in [0.05, 0.1) is 20.5 Å². The highest BCUT2D eigenvalue weighted by Gasteiger charge is 2.34. The van der Waals surface area contributed by atoms with Crippen molar-refractivity contribution in [3.63, 3.8) is 0 Å². The maximum absolute atomic E-state index is 11.7. The molecule has 0 bridgehead atoms. The van der Waals surface area contributed by atoms with Crippen LogP contribution in [-0.4, -0.2) is 37.5 Å². The highest BCUT2D eigenvalue weighted by atomic mass is 32.2. The van der Waals surface area contributed by atoms with Crippen LogP contribution in [0.1, 0.15) is 30.7 Å². The molecule has 0 radical (unpaired) electrons. The van der Waals surface area contributed by atoms with E-state index >= 15 is 0 Å². The summed E-state index contributed by atoms with van der Waals surface area (Å²) >= 11 is 1.75. The number of benzene rings is 1. The number of fused-ring (bicyclic) bond motifs is 1. The standard InChI is InChI=1S/C16H22N2O2S2/c1-22(19,20)15-9-4-7-13(15)17-11-5-10-16-18-12-6-2-3-8-14(12)21-16/h2-3,6,8,13,15,17H,4-5,7,9-11H2,1H3. The Bertz CT molecular complexity index is 706. The average Bonchev–Trinajstić information content (AvgIpc) is 3.09. The molecule has 22 heavy (non-hydrogen) atoms. The average molecular weight is 338 g/mol. The molecule has 2 aromatic rings. The first kappa shape index (κ1) is 15.9. The van der Waals surface area contributed by atoms with Gasteiger partial charge in [-0.25, -0.2) is 13.4 Å². The number of aryl methyl sites for hydroxylation is 1. The lowest BCUT2D eigenvalue weighted by Crippen LogP contribution is -2.40. The second kappa shape index (κ2) is 6.64. The van der Waals surface area contributed by atoms with E-state index in [-0.39, 0.29) is 11.3 Å². The van der Waals surface area contributed by atoms with Gasteiger partial charge in [-0.05, 0) is 37.9 Å². The van der Waals surface area contributed by atoms with Crippen LogP contribution in [0.15, 0.2) is 24.3 Å². The predicted molar refractivity (Wildman–Crippen MR) is 92.2 cm³/mol. The molecular weight excluding hydrogens is 316 g/mol. The monoisotopic (exact) mass is 338 g/mol. The Morgan fingerprint density at radius 2 is 2.14 bits per heavy atom. The predicted octanol–water partition coefficient (Wildman–Crippen LogP) is 2.78. The van der Waals surface area contributed by atoms with E-state index < -0.39 is 9.84 Å². The van der Waals surface area contributed by atoms with Crippen molar-refractivity contribution in [3.8, 4) is 0 Å². The Labute approximate surface area is 135 Å². The number of sulfone groups is 1. The molecule has 0 amide bonds. The highest BCUT2D eigenvalue weighted by molar-refractivity contribution is 7.91. The Hall–Kier alpha value is -0.980. The topological polar surface area (TPSA) is 59.1 Å². The van der Waals surface area contributed by atoms with Crippen molar-refractivity contribution in [2.45, 2.75) is 43.4 Å². The van der Waals surface area contributed by atoms with Gasteiger partial charge in [-0.2, -0.15) is 0 Å². The number of hydrogen-bond acceptors (Lipinski definition) is 5. The summed E-state index contributed by atoms with van der Waals surface area (Å²) in [4.78, 5) is 4.63. The molecule has 0 saturated heterocycles. The lowest BCUT2D eigenvalue weighted by atomic mass is 10.2. The zero-order valence-electron chi connectivity index (χ0n) is 12.8. The van der Waals surface area contributed by atoms with E-state index in [1.165, 1.54) is 11.0 Å². The maximum Gasteiger partial charge on any atom is 0.151 e. The molecule has 3 rings (SSSR count). The lowest BCUT2D eigenvalue weighted by molar-refractivity contribution is 0.501. The third-order valence-corrected chi connectivity index (χ3v) is 7.07. The van der Waals surface area contributed by atoms with E-state index in [9.17, 15) is 8.42 Å². The minimum Gasteiger partial charge on any atom is -0.313 e. The summed E-state index contributed by atoms with van der Waals surface area (Å²) in [5.74, 6) is 0. The van der Waals surface area contributed by atoms with E-state index in [4.69, 9.17) is 0 Å². The molecule has 1 fully saturated rings. The van der Waals surface area contributed by atoms with Crippen LogP contribution in [-0.2, 0) is 16.3 Å². The molecule has 1 saturated carbocycles. The van der Waals surface area contributed by atoms with Crippen molar-refractivity contribution in [2.75, 3.05) is 12.8 Å². The van der Waals surface area contributed by atoms with Gasteiger partial charge in [0, 0.05) is 18.7 Å². The summed E-state index contributed by atoms with van der Waals surface area (Å²) in [7, 11) is -2.93. The number of thiazole rings is 1. The second-order valence-electron chi connectivity index (χ2n) is 6.04. The minimum absolute atomic E-state index is 0.130. The molecule has 2 unspecified atom stereocenters. The molecule has 1 aliphatic carbocycles. The number of nitrogens with zero attached hydrogens (tertiary/aromatic N) is 1. The van der Waals surface area contributed by atoms with Gasteiger partial charge in [0.2, 0.25) is 0 Å². The normalized spacial score (nSPS) is 22.4. The van der Waals surface area contributed by atoms with Crippen molar-refractivity contribution in [2.24, 2.45) is 0 Å². The molecule has 0 spiro atoms. The van der Waals surface area contributed by atoms with E-state index in [1.807, 2.05) is 18.2 Å². The number of rotatable bonds is 6. The molecular formula is C16H22N2O2S2. The Balaban J connectivity index is 1.49. The molecule has 4 nitrogen and oxygen atoms in total. The van der Waals surface area contributed by atoms with Crippen molar-refractivity contribution >= 4 is 31.4 Å². The van der Waals surface area contributed by atoms with Gasteiger partial charge in [0.1, 0.15) is 0 Å². The molecule has 1 N–H and O–H groups in total. The fourth-order valence-electron chi connectivity index (χ4n) is 3.23. The molecule has 120 valence electrons. The summed E-state index contributed by atoms with van der Waals surface area (Å²) < 4.78 is 24.7. The first-order valence-corrected chi connectivity index (χ1v) is 10.6. The quantitative estimate of drug-likeness (QED) is 0.823. The molecule has 1 aromatic carbocycles. The molecule has 2 atom stereocenters. The van der Waals surface area contributed by atoms with Gasteiger partial charge in [0.15, 0.2) is 9.84 Å². The van der Waals surface area contributed by atoms with Crippen LogP contribution in [0.4, 0.5) is 0 Å². The van der Waals surface area contributed by atoms with E-state index in [1.54, 1.807) is 11.3 Å². The summed E-state index contributed by atoms with van der Waals surface area (Å²) in [6.45, 7) is 0.854. The minimum atomic E-state index is -2.93. The first-order valence-electron chi connectivity index (χ1n) is 7.81. The van der Waals surface area contributed by atoms with Gasteiger partial charge in [-0.3, -0.25) is 0 Å². The number of hydrogen-bond donors (Lipinski definition) is 1. The van der Waals surface area contributed by atoms with Crippen LogP contribution in [0, 0.1) is 0 Å². The van der Waals surface area contributed by atoms with Crippen molar-refractivity contribution in [3.05, 3.63) is 29.3 Å². The number of aromatic nitrogens is 1. The largest absolute Gasteiger partial charge is 0.313 e. The maximum atomic E-state index is 11.7. The van der Waals surface area contributed by atoms with Crippen molar-refractivity contribution < 1.29 is 8.42 Å². The molecule has 6 heteroatoms. The van der Waals surface area contributed by atoms with Gasteiger partial charge in [-0.1, -0.05) is 18.6 Å². The number of nitrogens with one attached hydrogen (secondary N) is 1. The van der Waals surface area contributed by atoms with Crippen LogP contribution in [0.25, 0.3) is 10.2 Å². The molecule has 0 aliphatic heterocycles. The van der Waals surface area contributed by atoms with Crippen LogP contribution in [0.2, 0.25) is 0 Å². The van der Waals surface area contributed by atoms with Crippen molar-refractivity contribution in [1.82, 2.24) is 10.3 Å². The molecule has 1 aliphatic rings. The third kappa shape index (κ3) is 3.67. The van der Waals surface area contributed by atoms with Crippen LogP contribution in [0.3, 0.4) is 0 Å². The highest BCUT2D eigenvalue weighted by Crippen LogP contribution is 2.25. The van der Waals surface area contributed by atoms with E-state index in [2.05, 4.69) is 16.4 Å². The zero-order valence-corrected chi connectivity index (χ0v) is 14.4. The molecule has 1 heterocycles. The SMILES string of the molecule is CS(=O)(=O)C1CCCC1NCCCc1nc2ccccc2s1. The smallest absolute Gasteiger partial charge is 0.151 e. The van der Waals surface area contributed by atoms with Gasteiger partial charge in [0.25, 0.3) is 0 Å². The van der Waals surface area contributed by atoms with Gasteiger partial charge >= 0.3 is 0 Å². The lowest BCUT2D eigenvalue weighted by Gasteiger charge is -2.19. The Morgan fingerprint density at radius 1 is 1.32 bits per heavy atom. The Kier molecular flexibility index (Phi) is 4.80. The summed E-state index contributed by atoms with van der Waals surface area (Å²) in [6.07, 6.45) is 6.08. The van der Waals surface area contributed by atoms with Crippen LogP contribution in [0.5, 0.6) is 0 Å². The number of para-hydroxylation sites is 1. The summed E-state index contributed by atoms with van der Waals surface area (Å²) in [5, 5.41) is 4.40. The Morgan fingerprint density at radius 3 is 2.91 bits per heavy atom. The van der Waals surface area contributed by atoms with Gasteiger partial charge < -0.3 is 5.32 Å². The zero-order chi connectivity index (χ0) is 15.6.